The van der Waals surface area contributed by atoms with Gasteiger partial charge in [0.15, 0.2) is 0 Å². The molecule has 3 heteroatoms. The molecule has 0 bridgehead atoms. The Balaban J connectivity index is 1.93. The smallest absolute Gasteiger partial charge is 0.149 e. The molecule has 0 aliphatic heterocycles. The van der Waals surface area contributed by atoms with Gasteiger partial charge in [-0.3, -0.25) is 0 Å². The van der Waals surface area contributed by atoms with E-state index in [4.69, 9.17) is 9.47 Å². The summed E-state index contributed by atoms with van der Waals surface area (Å²) >= 11 is 0. The predicted octanol–water partition coefficient (Wildman–Crippen LogP) is 5.76. The van der Waals surface area contributed by atoms with Crippen molar-refractivity contribution < 1.29 is 9.47 Å². The third-order valence-electron chi connectivity index (χ3n) is 3.53. The van der Waals surface area contributed by atoms with Crippen molar-refractivity contribution >= 4 is 0 Å². The second-order valence-corrected chi connectivity index (χ2v) is 5.58. The van der Waals surface area contributed by atoms with Gasteiger partial charge in [-0.15, -0.1) is 0 Å². The van der Waals surface area contributed by atoms with E-state index in [9.17, 15) is 5.26 Å². The minimum atomic E-state index is 0.375. The van der Waals surface area contributed by atoms with E-state index < -0.39 is 0 Å². The molecule has 3 rings (SSSR count). The maximum Gasteiger partial charge on any atom is 0.149 e. The highest BCUT2D eigenvalue weighted by Crippen LogP contribution is 2.34. The summed E-state index contributed by atoms with van der Waals surface area (Å²) in [6.45, 7) is 3.99. The lowest BCUT2D eigenvalue weighted by atomic mass is 10.2. The zero-order chi connectivity index (χ0) is 16.9. The Labute approximate surface area is 141 Å². The number of nitriles is 1. The topological polar surface area (TPSA) is 42.2 Å². The molecular formula is C21H17NO2. The van der Waals surface area contributed by atoms with Crippen LogP contribution in [0.15, 0.2) is 66.7 Å². The van der Waals surface area contributed by atoms with Gasteiger partial charge in [0.2, 0.25) is 0 Å². The van der Waals surface area contributed by atoms with Crippen LogP contribution in [0.2, 0.25) is 0 Å². The van der Waals surface area contributed by atoms with Gasteiger partial charge in [0.25, 0.3) is 0 Å². The monoisotopic (exact) mass is 315 g/mol. The molecule has 0 aromatic heterocycles. The second kappa shape index (κ2) is 6.89. The van der Waals surface area contributed by atoms with Crippen LogP contribution in [0.4, 0.5) is 0 Å². The number of ether oxygens (including phenoxy) is 2. The van der Waals surface area contributed by atoms with Crippen molar-refractivity contribution in [3.63, 3.8) is 0 Å². The van der Waals surface area contributed by atoms with Crippen molar-refractivity contribution in [3.05, 3.63) is 83.4 Å². The Kier molecular flexibility index (Phi) is 4.49. The molecule has 0 spiro atoms. The Morgan fingerprint density at radius 3 is 1.58 bits per heavy atom. The van der Waals surface area contributed by atoms with Crippen LogP contribution >= 0.6 is 0 Å². The van der Waals surface area contributed by atoms with Crippen molar-refractivity contribution in [2.75, 3.05) is 0 Å². The summed E-state index contributed by atoms with van der Waals surface area (Å²) in [5.41, 5.74) is 2.57. The minimum absolute atomic E-state index is 0.375. The molecule has 3 aromatic rings. The number of benzene rings is 3. The molecule has 0 fully saturated rings. The normalized spacial score (nSPS) is 10.0. The Morgan fingerprint density at radius 2 is 1.17 bits per heavy atom. The molecule has 0 N–H and O–H groups in total. The van der Waals surface area contributed by atoms with Crippen LogP contribution in [0, 0.1) is 25.2 Å². The average Bonchev–Trinajstić information content (AvgIpc) is 2.55. The quantitative estimate of drug-likeness (QED) is 0.614. The van der Waals surface area contributed by atoms with E-state index in [0.717, 1.165) is 11.1 Å². The van der Waals surface area contributed by atoms with E-state index in [2.05, 4.69) is 6.07 Å². The van der Waals surface area contributed by atoms with Gasteiger partial charge >= 0.3 is 0 Å². The fourth-order valence-electron chi connectivity index (χ4n) is 2.40. The molecule has 0 atom stereocenters. The van der Waals surface area contributed by atoms with Gasteiger partial charge in [-0.05, 0) is 61.4 Å². The summed E-state index contributed by atoms with van der Waals surface area (Å²) in [5, 5.41) is 9.55. The SMILES string of the molecule is Cc1cccc(Oc2cccc(Oc3cccc(C)c3)c2C#N)c1. The molecule has 3 nitrogen and oxygen atoms in total. The summed E-state index contributed by atoms with van der Waals surface area (Å²) in [6.07, 6.45) is 0. The van der Waals surface area contributed by atoms with Crippen LogP contribution in [-0.2, 0) is 0 Å². The van der Waals surface area contributed by atoms with E-state index in [-0.39, 0.29) is 0 Å². The number of hydrogen-bond donors (Lipinski definition) is 0. The highest BCUT2D eigenvalue weighted by atomic mass is 16.5. The second-order valence-electron chi connectivity index (χ2n) is 5.58. The molecule has 0 aliphatic carbocycles. The number of hydrogen-bond acceptors (Lipinski definition) is 3. The summed E-state index contributed by atoms with van der Waals surface area (Å²) in [7, 11) is 0. The summed E-state index contributed by atoms with van der Waals surface area (Å²) in [4.78, 5) is 0. The highest BCUT2D eigenvalue weighted by Gasteiger charge is 2.12. The molecular weight excluding hydrogens is 298 g/mol. The maximum atomic E-state index is 9.55. The van der Waals surface area contributed by atoms with Crippen molar-refractivity contribution in [2.24, 2.45) is 0 Å². The first-order valence-electron chi connectivity index (χ1n) is 7.68. The van der Waals surface area contributed by atoms with Crippen LogP contribution < -0.4 is 9.47 Å². The Morgan fingerprint density at radius 1 is 0.708 bits per heavy atom. The van der Waals surface area contributed by atoms with E-state index in [1.165, 1.54) is 0 Å². The fourth-order valence-corrected chi connectivity index (χ4v) is 2.40. The lowest BCUT2D eigenvalue weighted by Crippen LogP contribution is -1.93. The van der Waals surface area contributed by atoms with Gasteiger partial charge in [-0.25, -0.2) is 0 Å². The van der Waals surface area contributed by atoms with Crippen molar-refractivity contribution in [3.8, 4) is 29.1 Å². The first kappa shape index (κ1) is 15.6. The molecule has 0 saturated heterocycles. The van der Waals surface area contributed by atoms with E-state index in [1.807, 2.05) is 68.4 Å². The lowest BCUT2D eigenvalue weighted by molar-refractivity contribution is 0.457. The predicted molar refractivity (Wildman–Crippen MR) is 93.7 cm³/mol. The molecule has 0 amide bonds. The molecule has 0 aliphatic rings. The number of rotatable bonds is 4. The van der Waals surface area contributed by atoms with Gasteiger partial charge in [0, 0.05) is 0 Å². The first-order valence-corrected chi connectivity index (χ1v) is 7.68. The van der Waals surface area contributed by atoms with E-state index >= 15 is 0 Å². The number of nitrogens with zero attached hydrogens (tertiary/aromatic N) is 1. The molecule has 24 heavy (non-hydrogen) atoms. The van der Waals surface area contributed by atoms with Crippen molar-refractivity contribution in [2.45, 2.75) is 13.8 Å². The zero-order valence-corrected chi connectivity index (χ0v) is 13.6. The molecule has 0 heterocycles. The molecule has 3 aromatic carbocycles. The molecule has 0 unspecified atom stereocenters. The van der Waals surface area contributed by atoms with Gasteiger partial charge < -0.3 is 9.47 Å². The van der Waals surface area contributed by atoms with Crippen LogP contribution in [0.1, 0.15) is 16.7 Å². The average molecular weight is 315 g/mol. The van der Waals surface area contributed by atoms with Gasteiger partial charge in [0.05, 0.1) is 0 Å². The fraction of sp³-hybridized carbons (Fsp3) is 0.0952. The number of aryl methyl sites for hydroxylation is 2. The lowest BCUT2D eigenvalue weighted by Gasteiger charge is -2.12. The highest BCUT2D eigenvalue weighted by molar-refractivity contribution is 5.55. The third-order valence-corrected chi connectivity index (χ3v) is 3.53. The third kappa shape index (κ3) is 3.56. The summed E-state index contributed by atoms with van der Waals surface area (Å²) in [6, 6.07) is 22.9. The van der Waals surface area contributed by atoms with Gasteiger partial charge in [-0.1, -0.05) is 30.3 Å². The largest absolute Gasteiger partial charge is 0.456 e. The molecule has 0 saturated carbocycles. The van der Waals surface area contributed by atoms with Crippen LogP contribution in [-0.4, -0.2) is 0 Å². The Bertz CT molecular complexity index is 844. The van der Waals surface area contributed by atoms with E-state index in [0.29, 0.717) is 28.6 Å². The molecule has 0 radical (unpaired) electrons. The minimum Gasteiger partial charge on any atom is -0.456 e. The standard InChI is InChI=1S/C21H17NO2/c1-15-6-3-8-17(12-15)23-20-10-5-11-21(19(20)14-22)24-18-9-4-7-16(2)13-18/h3-13H,1-2H3. The summed E-state index contributed by atoms with van der Waals surface area (Å²) in [5.74, 6) is 2.35. The van der Waals surface area contributed by atoms with Crippen LogP contribution in [0.25, 0.3) is 0 Å². The van der Waals surface area contributed by atoms with Crippen LogP contribution in [0.5, 0.6) is 23.0 Å². The van der Waals surface area contributed by atoms with Crippen molar-refractivity contribution in [1.29, 1.82) is 5.26 Å². The maximum absolute atomic E-state index is 9.55. The van der Waals surface area contributed by atoms with Gasteiger partial charge in [0.1, 0.15) is 34.6 Å². The van der Waals surface area contributed by atoms with Crippen LogP contribution in [0.3, 0.4) is 0 Å². The first-order chi connectivity index (χ1) is 11.7. The molecule has 118 valence electrons. The van der Waals surface area contributed by atoms with Gasteiger partial charge in [-0.2, -0.15) is 5.26 Å². The zero-order valence-electron chi connectivity index (χ0n) is 13.6. The summed E-state index contributed by atoms with van der Waals surface area (Å²) < 4.78 is 11.8. The Hall–Kier alpha value is -3.25. The van der Waals surface area contributed by atoms with Crippen molar-refractivity contribution in [1.82, 2.24) is 0 Å². The van der Waals surface area contributed by atoms with E-state index in [1.54, 1.807) is 12.1 Å².